The molecule has 0 spiro atoms. The van der Waals surface area contributed by atoms with Gasteiger partial charge in [-0.2, -0.15) is 0 Å². The van der Waals surface area contributed by atoms with Crippen molar-refractivity contribution in [1.29, 1.82) is 0 Å². The smallest absolute Gasteiger partial charge is 0.254 e. The predicted octanol–water partition coefficient (Wildman–Crippen LogP) is 2.05. The minimum atomic E-state index is -0.873. The average Bonchev–Trinajstić information content (AvgIpc) is 2.26. The van der Waals surface area contributed by atoms with E-state index in [1.165, 1.54) is 0 Å². The Morgan fingerprint density at radius 2 is 1.25 bits per heavy atom. The van der Waals surface area contributed by atoms with Crippen LogP contribution in [0.1, 0.15) is 20.7 Å². The topological polar surface area (TPSA) is 98.7 Å². The Kier molecular flexibility index (Phi) is 4.08. The number of anilines is 2. The lowest BCUT2D eigenvalue weighted by Crippen LogP contribution is -2.06. The summed E-state index contributed by atoms with van der Waals surface area (Å²) >= 11 is 10.5. The van der Waals surface area contributed by atoms with E-state index < -0.39 is 10.5 Å². The van der Waals surface area contributed by atoms with Crippen LogP contribution < -0.4 is 11.0 Å². The number of carbonyl (C=O) groups excluding carboxylic acids is 2. The summed E-state index contributed by atoms with van der Waals surface area (Å²) in [5, 5.41) is 15.7. The van der Waals surface area contributed by atoms with Crippen molar-refractivity contribution in [1.82, 2.24) is 0 Å². The Hall–Kier alpha value is -1.34. The Balaban J connectivity index is 3.46. The number of carbonyl (C=O) groups is 2. The van der Waals surface area contributed by atoms with Crippen molar-refractivity contribution in [2.45, 2.75) is 0 Å². The van der Waals surface area contributed by atoms with E-state index in [2.05, 4.69) is 0 Å². The zero-order chi connectivity index (χ0) is 12.3. The van der Waals surface area contributed by atoms with Gasteiger partial charge in [0, 0.05) is 0 Å². The third kappa shape index (κ3) is 2.42. The van der Waals surface area contributed by atoms with E-state index in [1.807, 2.05) is 0 Å². The second kappa shape index (κ2) is 5.13. The predicted molar refractivity (Wildman–Crippen MR) is 57.6 cm³/mol. The standard InChI is InChI=1S/C8H6Cl2N2O4/c9-7(13)3-1-5(11-15)4(8(10)14)2-6(3)12-16/h1-2,11-12,15-16H. The van der Waals surface area contributed by atoms with Crippen LogP contribution >= 0.6 is 23.2 Å². The molecule has 0 saturated carbocycles. The van der Waals surface area contributed by atoms with E-state index in [0.29, 0.717) is 0 Å². The molecular weight excluding hydrogens is 259 g/mol. The molecular formula is C8H6Cl2N2O4. The van der Waals surface area contributed by atoms with Gasteiger partial charge < -0.3 is 0 Å². The first-order chi connectivity index (χ1) is 7.51. The van der Waals surface area contributed by atoms with Crippen LogP contribution in [0.15, 0.2) is 12.1 Å². The summed E-state index contributed by atoms with van der Waals surface area (Å²) in [4.78, 5) is 21.9. The van der Waals surface area contributed by atoms with Crippen molar-refractivity contribution in [3.05, 3.63) is 23.3 Å². The van der Waals surface area contributed by atoms with Gasteiger partial charge in [0.15, 0.2) is 0 Å². The van der Waals surface area contributed by atoms with E-state index >= 15 is 0 Å². The van der Waals surface area contributed by atoms with Gasteiger partial charge in [-0.05, 0) is 35.3 Å². The normalized spacial score (nSPS) is 9.75. The number of halogens is 2. The molecule has 0 atom stereocenters. The molecule has 1 aromatic carbocycles. The summed E-state index contributed by atoms with van der Waals surface area (Å²) in [6, 6.07) is 2.15. The molecule has 0 aliphatic rings. The summed E-state index contributed by atoms with van der Waals surface area (Å²) in [6.07, 6.45) is 0. The van der Waals surface area contributed by atoms with Gasteiger partial charge in [-0.15, -0.1) is 0 Å². The number of rotatable bonds is 4. The van der Waals surface area contributed by atoms with Crippen molar-refractivity contribution in [3.8, 4) is 0 Å². The van der Waals surface area contributed by atoms with Crippen molar-refractivity contribution in [2.24, 2.45) is 0 Å². The summed E-state index contributed by atoms with van der Waals surface area (Å²) < 4.78 is 0. The molecule has 4 N–H and O–H groups in total. The fourth-order valence-corrected chi connectivity index (χ4v) is 1.42. The number of nitrogens with one attached hydrogen (secondary N) is 2. The van der Waals surface area contributed by atoms with Crippen molar-refractivity contribution in [2.75, 3.05) is 11.0 Å². The minimum Gasteiger partial charge on any atom is -0.291 e. The molecule has 0 aliphatic carbocycles. The van der Waals surface area contributed by atoms with Gasteiger partial charge in [-0.1, -0.05) is 0 Å². The van der Waals surface area contributed by atoms with Crippen LogP contribution in [0.25, 0.3) is 0 Å². The van der Waals surface area contributed by atoms with Gasteiger partial charge in [-0.3, -0.25) is 31.0 Å². The van der Waals surface area contributed by atoms with Crippen LogP contribution in [0, 0.1) is 0 Å². The van der Waals surface area contributed by atoms with Gasteiger partial charge in [0.05, 0.1) is 22.5 Å². The molecule has 1 aromatic rings. The fraction of sp³-hybridized carbons (Fsp3) is 0. The summed E-state index contributed by atoms with van der Waals surface area (Å²) in [5.74, 6) is 0. The van der Waals surface area contributed by atoms with Gasteiger partial charge in [0.2, 0.25) is 0 Å². The zero-order valence-corrected chi connectivity index (χ0v) is 9.13. The molecule has 86 valence electrons. The molecule has 0 heterocycles. The molecule has 0 amide bonds. The molecule has 16 heavy (non-hydrogen) atoms. The van der Waals surface area contributed by atoms with Crippen LogP contribution in [-0.2, 0) is 0 Å². The molecule has 0 bridgehead atoms. The first-order valence-electron chi connectivity index (χ1n) is 3.89. The number of hydrogen-bond acceptors (Lipinski definition) is 6. The Labute approximate surface area is 99.7 Å². The van der Waals surface area contributed by atoms with E-state index in [-0.39, 0.29) is 22.5 Å². The SMILES string of the molecule is O=C(Cl)c1cc(NO)c(C(=O)Cl)cc1NO. The van der Waals surface area contributed by atoms with Gasteiger partial charge in [0.1, 0.15) is 0 Å². The fourth-order valence-electron chi connectivity index (χ4n) is 1.11. The highest BCUT2D eigenvalue weighted by atomic mass is 35.5. The number of benzene rings is 1. The lowest BCUT2D eigenvalue weighted by atomic mass is 10.1. The Morgan fingerprint density at radius 1 is 0.938 bits per heavy atom. The van der Waals surface area contributed by atoms with Crippen molar-refractivity contribution >= 4 is 45.1 Å². The monoisotopic (exact) mass is 264 g/mol. The molecule has 1 rings (SSSR count). The van der Waals surface area contributed by atoms with E-state index in [0.717, 1.165) is 12.1 Å². The van der Waals surface area contributed by atoms with Gasteiger partial charge >= 0.3 is 0 Å². The van der Waals surface area contributed by atoms with Gasteiger partial charge in [-0.25, -0.2) is 0 Å². The Morgan fingerprint density at radius 3 is 1.44 bits per heavy atom. The maximum absolute atomic E-state index is 11.0. The van der Waals surface area contributed by atoms with Crippen molar-refractivity contribution in [3.63, 3.8) is 0 Å². The van der Waals surface area contributed by atoms with Crippen LogP contribution in [0.2, 0.25) is 0 Å². The van der Waals surface area contributed by atoms with E-state index in [9.17, 15) is 9.59 Å². The maximum Gasteiger partial charge on any atom is 0.254 e. The third-order valence-electron chi connectivity index (χ3n) is 1.82. The van der Waals surface area contributed by atoms with Crippen molar-refractivity contribution < 1.29 is 20.0 Å². The van der Waals surface area contributed by atoms with Crippen LogP contribution in [-0.4, -0.2) is 20.9 Å². The Bertz CT molecular complexity index is 408. The highest BCUT2D eigenvalue weighted by molar-refractivity contribution is 6.69. The molecule has 0 fully saturated rings. The minimum absolute atomic E-state index is 0.0944. The highest BCUT2D eigenvalue weighted by Crippen LogP contribution is 2.27. The summed E-state index contributed by atoms with van der Waals surface area (Å²) in [6.45, 7) is 0. The summed E-state index contributed by atoms with van der Waals surface area (Å²) in [7, 11) is 0. The average molecular weight is 265 g/mol. The number of hydrogen-bond donors (Lipinski definition) is 4. The molecule has 0 radical (unpaired) electrons. The molecule has 0 unspecified atom stereocenters. The molecule has 6 nitrogen and oxygen atoms in total. The third-order valence-corrected chi connectivity index (χ3v) is 2.23. The van der Waals surface area contributed by atoms with Crippen LogP contribution in [0.5, 0.6) is 0 Å². The summed E-state index contributed by atoms with van der Waals surface area (Å²) in [5.41, 5.74) is 2.96. The largest absolute Gasteiger partial charge is 0.291 e. The zero-order valence-electron chi connectivity index (χ0n) is 7.62. The van der Waals surface area contributed by atoms with Gasteiger partial charge in [0.25, 0.3) is 10.5 Å². The second-order valence-electron chi connectivity index (χ2n) is 2.71. The molecule has 0 saturated heterocycles. The first kappa shape index (κ1) is 12.7. The van der Waals surface area contributed by atoms with Crippen LogP contribution in [0.4, 0.5) is 11.4 Å². The van der Waals surface area contributed by atoms with E-state index in [1.54, 1.807) is 11.0 Å². The first-order valence-corrected chi connectivity index (χ1v) is 4.64. The highest BCUT2D eigenvalue weighted by Gasteiger charge is 2.17. The van der Waals surface area contributed by atoms with Crippen LogP contribution in [0.3, 0.4) is 0 Å². The lowest BCUT2D eigenvalue weighted by molar-refractivity contribution is 0.107. The van der Waals surface area contributed by atoms with E-state index in [4.69, 9.17) is 33.6 Å². The quantitative estimate of drug-likeness (QED) is 0.491. The second-order valence-corrected chi connectivity index (χ2v) is 3.40. The molecule has 8 heteroatoms. The molecule has 0 aromatic heterocycles. The lowest BCUT2D eigenvalue weighted by Gasteiger charge is -2.10. The molecule has 0 aliphatic heterocycles. The maximum atomic E-state index is 11.0.